The molecule has 35 heavy (non-hydrogen) atoms. The molecule has 0 bridgehead atoms. The van der Waals surface area contributed by atoms with Crippen molar-refractivity contribution < 1.29 is 14.3 Å². The van der Waals surface area contributed by atoms with Crippen molar-refractivity contribution >= 4 is 17.3 Å². The maximum Gasteiger partial charge on any atom is 0.225 e. The lowest BCUT2D eigenvalue weighted by molar-refractivity contribution is -0.116. The molecular weight excluding hydrogens is 436 g/mol. The van der Waals surface area contributed by atoms with Gasteiger partial charge in [0.05, 0.1) is 11.4 Å². The van der Waals surface area contributed by atoms with Gasteiger partial charge in [0, 0.05) is 12.5 Å². The van der Waals surface area contributed by atoms with E-state index in [1.54, 1.807) is 12.1 Å². The van der Waals surface area contributed by atoms with Gasteiger partial charge in [-0.2, -0.15) is 0 Å². The fourth-order valence-corrected chi connectivity index (χ4v) is 3.81. The van der Waals surface area contributed by atoms with Crippen LogP contribution < -0.4 is 20.5 Å². The zero-order valence-corrected chi connectivity index (χ0v) is 19.8. The van der Waals surface area contributed by atoms with Crippen LogP contribution in [0.4, 0.5) is 11.4 Å². The van der Waals surface area contributed by atoms with Crippen LogP contribution in [0.15, 0.2) is 103 Å². The van der Waals surface area contributed by atoms with Crippen molar-refractivity contribution in [2.45, 2.75) is 32.5 Å². The molecule has 178 valence electrons. The largest absolute Gasteiger partial charge is 0.489 e. The van der Waals surface area contributed by atoms with Crippen molar-refractivity contribution in [1.82, 2.24) is 0 Å². The molecule has 0 saturated carbocycles. The number of carbonyl (C=O) groups is 1. The second-order valence-electron chi connectivity index (χ2n) is 8.49. The number of nitrogen functional groups attached to an aromatic ring is 1. The van der Waals surface area contributed by atoms with Gasteiger partial charge in [0.2, 0.25) is 5.91 Å². The number of amides is 1. The Labute approximate surface area is 206 Å². The number of hydrogen-bond donors (Lipinski definition) is 2. The quantitative estimate of drug-likeness (QED) is 0.260. The maximum atomic E-state index is 12.7. The molecule has 1 unspecified atom stereocenters. The van der Waals surface area contributed by atoms with Gasteiger partial charge in [-0.25, -0.2) is 0 Å². The van der Waals surface area contributed by atoms with Crippen LogP contribution in [-0.2, 0) is 18.0 Å². The first kappa shape index (κ1) is 23.9. The molecule has 0 fully saturated rings. The lowest BCUT2D eigenvalue weighted by Crippen LogP contribution is -2.16. The number of nitrogens with two attached hydrogens (primary N) is 1. The molecule has 0 aliphatic heterocycles. The first-order chi connectivity index (χ1) is 17.1. The van der Waals surface area contributed by atoms with E-state index < -0.39 is 0 Å². The number of nitrogens with one attached hydrogen (secondary N) is 1. The van der Waals surface area contributed by atoms with Gasteiger partial charge < -0.3 is 20.5 Å². The zero-order chi connectivity index (χ0) is 24.5. The van der Waals surface area contributed by atoms with E-state index in [2.05, 4.69) is 5.32 Å². The van der Waals surface area contributed by atoms with Crippen LogP contribution in [0.3, 0.4) is 0 Å². The van der Waals surface area contributed by atoms with Crippen LogP contribution in [0.25, 0.3) is 0 Å². The summed E-state index contributed by atoms with van der Waals surface area (Å²) in [6, 6.07) is 33.1. The zero-order valence-electron chi connectivity index (χ0n) is 19.8. The van der Waals surface area contributed by atoms with Gasteiger partial charge in [0.15, 0.2) is 0 Å². The average Bonchev–Trinajstić information content (AvgIpc) is 2.89. The highest BCUT2D eigenvalue weighted by Gasteiger charge is 2.18. The van der Waals surface area contributed by atoms with Crippen LogP contribution in [0.1, 0.15) is 36.0 Å². The number of ether oxygens (including phenoxy) is 2. The number of hydrogen-bond acceptors (Lipinski definition) is 4. The Hall–Kier alpha value is -4.25. The Morgan fingerprint density at radius 2 is 1.40 bits per heavy atom. The molecule has 0 radical (unpaired) electrons. The van der Waals surface area contributed by atoms with Crippen molar-refractivity contribution in [3.8, 4) is 11.5 Å². The molecule has 5 heteroatoms. The number of rotatable bonds is 10. The van der Waals surface area contributed by atoms with E-state index in [0.717, 1.165) is 22.4 Å². The normalized spacial score (nSPS) is 11.5. The fraction of sp³-hybridized carbons (Fsp3) is 0.167. The van der Waals surface area contributed by atoms with Gasteiger partial charge in [-0.15, -0.1) is 0 Å². The predicted molar refractivity (Wildman–Crippen MR) is 141 cm³/mol. The first-order valence-electron chi connectivity index (χ1n) is 11.7. The van der Waals surface area contributed by atoms with Gasteiger partial charge in [0.1, 0.15) is 24.7 Å². The molecule has 0 aromatic heterocycles. The third-order valence-electron chi connectivity index (χ3n) is 5.73. The standard InChI is InChI=1S/C30H30N2O3/c1-22(18-30(33)32-28-15-9-8-14-27(28)31)26-17-16-25(34-20-23-10-4-2-5-11-23)19-29(26)35-21-24-12-6-3-7-13-24/h2-17,19,22H,18,20-21,31H2,1H3,(H,32,33). The molecule has 0 saturated heterocycles. The molecule has 0 aliphatic carbocycles. The van der Waals surface area contributed by atoms with E-state index in [0.29, 0.717) is 36.8 Å². The highest BCUT2D eigenvalue weighted by molar-refractivity contribution is 5.94. The van der Waals surface area contributed by atoms with Crippen molar-refractivity contribution in [3.63, 3.8) is 0 Å². The van der Waals surface area contributed by atoms with E-state index in [1.807, 2.05) is 97.9 Å². The van der Waals surface area contributed by atoms with Crippen molar-refractivity contribution in [2.75, 3.05) is 11.1 Å². The summed E-state index contributed by atoms with van der Waals surface area (Å²) in [4.78, 5) is 12.7. The van der Waals surface area contributed by atoms with E-state index in [1.165, 1.54) is 0 Å². The molecule has 0 aliphatic rings. The summed E-state index contributed by atoms with van der Waals surface area (Å²) in [5, 5.41) is 2.91. The Kier molecular flexibility index (Phi) is 8.02. The lowest BCUT2D eigenvalue weighted by atomic mass is 9.96. The first-order valence-corrected chi connectivity index (χ1v) is 11.7. The Morgan fingerprint density at radius 1 is 0.800 bits per heavy atom. The predicted octanol–water partition coefficient (Wildman–Crippen LogP) is 6.56. The van der Waals surface area contributed by atoms with Crippen molar-refractivity contribution in [1.29, 1.82) is 0 Å². The Bertz CT molecular complexity index is 1240. The molecule has 4 rings (SSSR count). The maximum absolute atomic E-state index is 12.7. The Morgan fingerprint density at radius 3 is 2.06 bits per heavy atom. The smallest absolute Gasteiger partial charge is 0.225 e. The van der Waals surface area contributed by atoms with Crippen LogP contribution >= 0.6 is 0 Å². The van der Waals surface area contributed by atoms with E-state index in [4.69, 9.17) is 15.2 Å². The monoisotopic (exact) mass is 466 g/mol. The molecule has 1 amide bonds. The van der Waals surface area contributed by atoms with Crippen LogP contribution in [-0.4, -0.2) is 5.91 Å². The lowest BCUT2D eigenvalue weighted by Gasteiger charge is -2.19. The summed E-state index contributed by atoms with van der Waals surface area (Å²) < 4.78 is 12.2. The molecule has 4 aromatic rings. The highest BCUT2D eigenvalue weighted by atomic mass is 16.5. The summed E-state index contributed by atoms with van der Waals surface area (Å²) in [6.07, 6.45) is 0.292. The average molecular weight is 467 g/mol. The van der Waals surface area contributed by atoms with Crippen molar-refractivity contribution in [2.24, 2.45) is 0 Å². The van der Waals surface area contributed by atoms with Gasteiger partial charge in [-0.3, -0.25) is 4.79 Å². The molecular formula is C30H30N2O3. The highest BCUT2D eigenvalue weighted by Crippen LogP contribution is 2.34. The van der Waals surface area contributed by atoms with Gasteiger partial charge in [-0.05, 0) is 40.8 Å². The molecule has 0 heterocycles. The molecule has 1 atom stereocenters. The molecule has 0 spiro atoms. The number of benzene rings is 4. The third-order valence-corrected chi connectivity index (χ3v) is 5.73. The van der Waals surface area contributed by atoms with Gasteiger partial charge >= 0.3 is 0 Å². The van der Waals surface area contributed by atoms with E-state index in [9.17, 15) is 4.79 Å². The van der Waals surface area contributed by atoms with Crippen LogP contribution in [0, 0.1) is 0 Å². The number of anilines is 2. The fourth-order valence-electron chi connectivity index (χ4n) is 3.81. The van der Waals surface area contributed by atoms with E-state index in [-0.39, 0.29) is 11.8 Å². The Balaban J connectivity index is 1.49. The molecule has 4 aromatic carbocycles. The van der Waals surface area contributed by atoms with Crippen LogP contribution in [0.5, 0.6) is 11.5 Å². The second kappa shape index (κ2) is 11.7. The summed E-state index contributed by atoms with van der Waals surface area (Å²) in [7, 11) is 0. The number of carbonyl (C=O) groups excluding carboxylic acids is 1. The molecule has 3 N–H and O–H groups in total. The van der Waals surface area contributed by atoms with Gasteiger partial charge in [-0.1, -0.05) is 85.8 Å². The van der Waals surface area contributed by atoms with Gasteiger partial charge in [0.25, 0.3) is 0 Å². The topological polar surface area (TPSA) is 73.6 Å². The second-order valence-corrected chi connectivity index (χ2v) is 8.49. The van der Waals surface area contributed by atoms with E-state index >= 15 is 0 Å². The third kappa shape index (κ3) is 6.87. The molecule has 5 nitrogen and oxygen atoms in total. The minimum Gasteiger partial charge on any atom is -0.489 e. The minimum absolute atomic E-state index is 0.0751. The van der Waals surface area contributed by atoms with Crippen molar-refractivity contribution in [3.05, 3.63) is 120 Å². The SMILES string of the molecule is CC(CC(=O)Nc1ccccc1N)c1ccc(OCc2ccccc2)cc1OCc1ccccc1. The minimum atomic E-state index is -0.103. The summed E-state index contributed by atoms with van der Waals surface area (Å²) >= 11 is 0. The van der Waals surface area contributed by atoms with Crippen LogP contribution in [0.2, 0.25) is 0 Å². The summed E-state index contributed by atoms with van der Waals surface area (Å²) in [6.45, 7) is 2.91. The summed E-state index contributed by atoms with van der Waals surface area (Å²) in [5.41, 5.74) is 10.2. The number of para-hydroxylation sites is 2. The summed E-state index contributed by atoms with van der Waals surface area (Å²) in [5.74, 6) is 1.25.